The Morgan fingerprint density at radius 3 is 2.14 bits per heavy atom. The average molecular weight is 321 g/mol. The second kappa shape index (κ2) is 5.72. The van der Waals surface area contributed by atoms with Crippen LogP contribution in [0, 0.1) is 5.82 Å². The normalized spacial score (nSPS) is 12.4. The topological polar surface area (TPSA) is 60.2 Å². The summed E-state index contributed by atoms with van der Waals surface area (Å²) in [7, 11) is -3.51. The summed E-state index contributed by atoms with van der Waals surface area (Å²) < 4.78 is 38.2. The Hall–Kier alpha value is -1.88. The van der Waals surface area contributed by atoms with Gasteiger partial charge < -0.3 is 5.73 Å². The summed E-state index contributed by atoms with van der Waals surface area (Å²) in [6.07, 6.45) is 0. The molecule has 2 N–H and O–H groups in total. The highest BCUT2D eigenvalue weighted by Crippen LogP contribution is 2.25. The van der Waals surface area contributed by atoms with E-state index in [9.17, 15) is 12.8 Å². The molecule has 0 bridgehead atoms. The van der Waals surface area contributed by atoms with Gasteiger partial charge in [-0.2, -0.15) is 0 Å². The van der Waals surface area contributed by atoms with Gasteiger partial charge in [-0.3, -0.25) is 0 Å². The number of nitrogens with two attached hydrogens (primary N) is 1. The monoisotopic (exact) mass is 321 g/mol. The standard InChI is InChI=1S/C17H20FNO2S/c1-17(2,3)13-5-7-14(8-6-13)22(20,21)11-12-4-9-16(19)15(18)10-12/h4-10H,11,19H2,1-3H3. The first-order chi connectivity index (χ1) is 10.1. The number of sulfone groups is 1. The lowest BCUT2D eigenvalue weighted by molar-refractivity contribution is 0.586. The van der Waals surface area contributed by atoms with Crippen LogP contribution in [0.4, 0.5) is 10.1 Å². The van der Waals surface area contributed by atoms with E-state index in [1.807, 2.05) is 12.1 Å². The molecule has 2 rings (SSSR count). The summed E-state index contributed by atoms with van der Waals surface area (Å²) in [6.45, 7) is 6.19. The van der Waals surface area contributed by atoms with E-state index in [2.05, 4.69) is 20.8 Å². The molecule has 22 heavy (non-hydrogen) atoms. The van der Waals surface area contributed by atoms with Crippen molar-refractivity contribution in [3.63, 3.8) is 0 Å². The van der Waals surface area contributed by atoms with Gasteiger partial charge in [0.1, 0.15) is 5.82 Å². The number of anilines is 1. The first kappa shape index (κ1) is 16.5. The Morgan fingerprint density at radius 2 is 1.64 bits per heavy atom. The molecule has 0 aliphatic carbocycles. The number of hydrogen-bond donors (Lipinski definition) is 1. The van der Waals surface area contributed by atoms with Crippen molar-refractivity contribution < 1.29 is 12.8 Å². The molecule has 5 heteroatoms. The van der Waals surface area contributed by atoms with Crippen LogP contribution in [0.25, 0.3) is 0 Å². The maximum atomic E-state index is 13.4. The number of hydrogen-bond acceptors (Lipinski definition) is 3. The zero-order valence-corrected chi connectivity index (χ0v) is 13.7. The molecule has 0 aliphatic heterocycles. The predicted octanol–water partition coefficient (Wildman–Crippen LogP) is 3.68. The smallest absolute Gasteiger partial charge is 0.182 e. The van der Waals surface area contributed by atoms with E-state index >= 15 is 0 Å². The number of rotatable bonds is 3. The van der Waals surface area contributed by atoms with Gasteiger partial charge in [-0.05, 0) is 40.8 Å². The van der Waals surface area contributed by atoms with Crippen LogP contribution in [0.1, 0.15) is 31.9 Å². The van der Waals surface area contributed by atoms with Gasteiger partial charge in [-0.25, -0.2) is 12.8 Å². The second-order valence-electron chi connectivity index (χ2n) is 6.39. The van der Waals surface area contributed by atoms with Crippen LogP contribution in [0.15, 0.2) is 47.4 Å². The molecule has 0 unspecified atom stereocenters. The third kappa shape index (κ3) is 3.65. The molecule has 0 heterocycles. The largest absolute Gasteiger partial charge is 0.396 e. The van der Waals surface area contributed by atoms with Gasteiger partial charge in [0.25, 0.3) is 0 Å². The van der Waals surface area contributed by atoms with E-state index in [-0.39, 0.29) is 21.8 Å². The Morgan fingerprint density at radius 1 is 1.05 bits per heavy atom. The molecule has 0 radical (unpaired) electrons. The van der Waals surface area contributed by atoms with Crippen molar-refractivity contribution in [3.8, 4) is 0 Å². The first-order valence-electron chi connectivity index (χ1n) is 6.97. The van der Waals surface area contributed by atoms with E-state index in [1.165, 1.54) is 12.1 Å². The van der Waals surface area contributed by atoms with Crippen molar-refractivity contribution in [1.82, 2.24) is 0 Å². The summed E-state index contributed by atoms with van der Waals surface area (Å²) >= 11 is 0. The Labute approximate surface area is 130 Å². The van der Waals surface area contributed by atoms with Gasteiger partial charge in [0, 0.05) is 0 Å². The minimum atomic E-state index is -3.51. The van der Waals surface area contributed by atoms with Crippen LogP contribution in [-0.2, 0) is 21.0 Å². The Bertz CT molecular complexity index is 775. The predicted molar refractivity (Wildman–Crippen MR) is 86.8 cm³/mol. The molecule has 0 spiro atoms. The van der Waals surface area contributed by atoms with Crippen LogP contribution in [0.3, 0.4) is 0 Å². The Kier molecular flexibility index (Phi) is 4.29. The Balaban J connectivity index is 2.28. The highest BCUT2D eigenvalue weighted by molar-refractivity contribution is 7.90. The first-order valence-corrected chi connectivity index (χ1v) is 8.62. The maximum Gasteiger partial charge on any atom is 0.182 e. The van der Waals surface area contributed by atoms with Crippen molar-refractivity contribution in [3.05, 3.63) is 59.4 Å². The van der Waals surface area contributed by atoms with Gasteiger partial charge in [0.15, 0.2) is 9.84 Å². The van der Waals surface area contributed by atoms with Crippen molar-refractivity contribution >= 4 is 15.5 Å². The van der Waals surface area contributed by atoms with Crippen LogP contribution in [0.2, 0.25) is 0 Å². The molecule has 2 aromatic rings. The average Bonchev–Trinajstić information content (AvgIpc) is 2.42. The molecular weight excluding hydrogens is 301 g/mol. The highest BCUT2D eigenvalue weighted by atomic mass is 32.2. The van der Waals surface area contributed by atoms with E-state index in [0.29, 0.717) is 5.56 Å². The quantitative estimate of drug-likeness (QED) is 0.877. The molecule has 0 saturated heterocycles. The fourth-order valence-corrected chi connectivity index (χ4v) is 3.46. The molecule has 2 aromatic carbocycles. The van der Waals surface area contributed by atoms with Gasteiger partial charge in [0.05, 0.1) is 16.3 Å². The molecule has 0 aliphatic rings. The van der Waals surface area contributed by atoms with E-state index < -0.39 is 15.7 Å². The van der Waals surface area contributed by atoms with Crippen molar-refractivity contribution in [2.45, 2.75) is 36.8 Å². The zero-order chi connectivity index (χ0) is 16.5. The molecule has 0 atom stereocenters. The van der Waals surface area contributed by atoms with E-state index in [4.69, 9.17) is 5.73 Å². The SMILES string of the molecule is CC(C)(C)c1ccc(S(=O)(=O)Cc2ccc(N)c(F)c2)cc1. The lowest BCUT2D eigenvalue weighted by Gasteiger charge is -2.19. The van der Waals surface area contributed by atoms with Crippen LogP contribution < -0.4 is 5.73 Å². The molecule has 3 nitrogen and oxygen atoms in total. The summed E-state index contributed by atoms with van der Waals surface area (Å²) in [6, 6.07) is 10.9. The van der Waals surface area contributed by atoms with Crippen molar-refractivity contribution in [1.29, 1.82) is 0 Å². The second-order valence-corrected chi connectivity index (χ2v) is 8.38. The van der Waals surface area contributed by atoms with Crippen molar-refractivity contribution in [2.24, 2.45) is 0 Å². The fourth-order valence-electron chi connectivity index (χ4n) is 2.13. The molecule has 0 amide bonds. The molecule has 0 saturated carbocycles. The van der Waals surface area contributed by atoms with Gasteiger partial charge in [0.2, 0.25) is 0 Å². The van der Waals surface area contributed by atoms with Gasteiger partial charge in [-0.1, -0.05) is 39.0 Å². The lowest BCUT2D eigenvalue weighted by Crippen LogP contribution is -2.12. The number of halogens is 1. The maximum absolute atomic E-state index is 13.4. The summed E-state index contributed by atoms with van der Waals surface area (Å²) in [4.78, 5) is 0.234. The van der Waals surface area contributed by atoms with Crippen molar-refractivity contribution in [2.75, 3.05) is 5.73 Å². The molecule has 0 fully saturated rings. The third-order valence-corrected chi connectivity index (χ3v) is 5.20. The summed E-state index contributed by atoms with van der Waals surface area (Å²) in [5.41, 5.74) is 6.81. The van der Waals surface area contributed by atoms with Crippen LogP contribution >= 0.6 is 0 Å². The summed E-state index contributed by atoms with van der Waals surface area (Å²) in [5, 5.41) is 0. The summed E-state index contributed by atoms with van der Waals surface area (Å²) in [5.74, 6) is -0.852. The zero-order valence-electron chi connectivity index (χ0n) is 12.9. The highest BCUT2D eigenvalue weighted by Gasteiger charge is 2.18. The van der Waals surface area contributed by atoms with Gasteiger partial charge >= 0.3 is 0 Å². The lowest BCUT2D eigenvalue weighted by atomic mass is 9.87. The van der Waals surface area contributed by atoms with Crippen LogP contribution in [0.5, 0.6) is 0 Å². The molecule has 0 aromatic heterocycles. The molecular formula is C17H20FNO2S. The van der Waals surface area contributed by atoms with Crippen LogP contribution in [-0.4, -0.2) is 8.42 Å². The molecule has 118 valence electrons. The minimum Gasteiger partial charge on any atom is -0.396 e. The third-order valence-electron chi connectivity index (χ3n) is 3.50. The van der Waals surface area contributed by atoms with E-state index in [1.54, 1.807) is 12.1 Å². The minimum absolute atomic E-state index is 0.00989. The van der Waals surface area contributed by atoms with E-state index in [0.717, 1.165) is 11.6 Å². The number of nitrogen functional groups attached to an aromatic ring is 1. The van der Waals surface area contributed by atoms with Gasteiger partial charge in [-0.15, -0.1) is 0 Å². The fraction of sp³-hybridized carbons (Fsp3) is 0.294. The number of benzene rings is 2.